The van der Waals surface area contributed by atoms with Crippen molar-refractivity contribution in [3.05, 3.63) is 105 Å². The fraction of sp³-hybridized carbons (Fsp3) is 0.333. The van der Waals surface area contributed by atoms with Gasteiger partial charge in [-0.25, -0.2) is 42.5 Å². The van der Waals surface area contributed by atoms with Gasteiger partial charge in [0.15, 0.2) is 36.3 Å². The highest BCUT2D eigenvalue weighted by Gasteiger charge is 2.55. The summed E-state index contributed by atoms with van der Waals surface area (Å²) in [5.74, 6) is -0.746. The number of carbonyl (C=O) groups is 1. The maximum absolute atomic E-state index is 16.7. The van der Waals surface area contributed by atoms with Gasteiger partial charge in [-0.3, -0.25) is 37.0 Å². The first kappa shape index (κ1) is 40.9. The lowest BCUT2D eigenvalue weighted by Gasteiger charge is -2.27. The first-order valence-corrected chi connectivity index (χ1v) is 22.0. The largest absolute Gasteiger partial charge is 0.508 e. The number of aromatic hydroxyl groups is 1. The second kappa shape index (κ2) is 16.3. The molecule has 10 atom stereocenters. The third-order valence-electron chi connectivity index (χ3n) is 9.25. The number of phenols is 1. The number of ether oxygens (including phenoxy) is 3. The Balaban J connectivity index is 1.08. The number of hydrogen-bond acceptors (Lipinski definition) is 18. The lowest BCUT2D eigenvalue weighted by Crippen LogP contribution is -2.37. The van der Waals surface area contributed by atoms with E-state index in [-0.39, 0.29) is 39.8 Å². The second-order valence-electron chi connectivity index (χ2n) is 13.1. The number of aromatic nitrogens is 6. The molecule has 2 aromatic carbocycles. The molecule has 3 aliphatic heterocycles. The van der Waals surface area contributed by atoms with E-state index < -0.39 is 94.3 Å². The van der Waals surface area contributed by atoms with Crippen molar-refractivity contribution >= 4 is 49.0 Å². The van der Waals surface area contributed by atoms with Gasteiger partial charge in [0.05, 0.1) is 25.1 Å². The van der Waals surface area contributed by atoms with Crippen LogP contribution in [0.4, 0.5) is 14.6 Å². The highest BCUT2D eigenvalue weighted by Crippen LogP contribution is 2.65. The van der Waals surface area contributed by atoms with Crippen molar-refractivity contribution in [2.75, 3.05) is 18.9 Å². The van der Waals surface area contributed by atoms with Crippen molar-refractivity contribution < 1.29 is 65.0 Å². The second-order valence-corrected chi connectivity index (χ2v) is 18.6. The van der Waals surface area contributed by atoms with Crippen LogP contribution in [0.25, 0.3) is 11.2 Å². The van der Waals surface area contributed by atoms with E-state index >= 15 is 8.78 Å². The fourth-order valence-corrected chi connectivity index (χ4v) is 10.7. The number of halogens is 2. The number of rotatable bonds is 7. The van der Waals surface area contributed by atoms with Crippen molar-refractivity contribution in [1.29, 1.82) is 0 Å². The maximum Gasteiger partial charge on any atom is 0.472 e. The lowest BCUT2D eigenvalue weighted by atomic mass is 10.1. The standard InChI is InChI=1S/C33H31F2N7O14P2S/c34-23-20-11-51-58(49,59-13-16-1-7-19(8-2-16)52-32(45)17-3-5-18(43)6-4-17)56-26-21(54-30(24(26)35)42-15-39-25-28(36)37-14-38-29(25)42)12-50-57(47,48)55-27(23)31(53-20)41-10-9-22(44)40-33(41)46/h1-10,14-15,20-21,23-24,26-27,30-31,43H,11-13H2,(H,47,48)(H2,36,37,38)(H,40,44,46)/t20?,21-,23-,24-,26-,27-,30-,31-,58-/m1/s1. The summed E-state index contributed by atoms with van der Waals surface area (Å²) in [6, 6.07) is 12.3. The summed E-state index contributed by atoms with van der Waals surface area (Å²) in [7, 11) is -5.31. The molecule has 26 heteroatoms. The molecule has 0 saturated carbocycles. The first-order chi connectivity index (χ1) is 28.2. The Morgan fingerprint density at radius 1 is 0.915 bits per heavy atom. The molecule has 0 radical (unpaired) electrons. The van der Waals surface area contributed by atoms with Gasteiger partial charge in [0.1, 0.15) is 47.8 Å². The van der Waals surface area contributed by atoms with E-state index in [1.807, 2.05) is 4.98 Å². The molecule has 3 aromatic heterocycles. The van der Waals surface area contributed by atoms with E-state index in [9.17, 15) is 33.5 Å². The molecule has 0 spiro atoms. The molecule has 312 valence electrons. The fourth-order valence-electron chi connectivity index (χ4n) is 6.36. The van der Waals surface area contributed by atoms with Gasteiger partial charge >= 0.3 is 26.3 Å². The number of nitrogens with two attached hydrogens (primary N) is 1. The number of nitrogens with zero attached hydrogens (tertiary/aromatic N) is 5. The average Bonchev–Trinajstić information content (AvgIpc) is 3.86. The molecule has 2 unspecified atom stereocenters. The highest BCUT2D eigenvalue weighted by atomic mass is 32.7. The topological polar surface area (TPSA) is 281 Å². The van der Waals surface area contributed by atoms with Crippen LogP contribution >= 0.6 is 26.0 Å². The molecule has 0 aliphatic carbocycles. The minimum absolute atomic E-state index is 0.0223. The number of phosphoric acid groups is 1. The van der Waals surface area contributed by atoms with Crippen molar-refractivity contribution in [1.82, 2.24) is 29.1 Å². The maximum atomic E-state index is 16.7. The van der Waals surface area contributed by atoms with E-state index in [1.54, 1.807) is 0 Å². The summed E-state index contributed by atoms with van der Waals surface area (Å²) in [6.07, 6.45) is -11.9. The van der Waals surface area contributed by atoms with Crippen LogP contribution in [-0.4, -0.2) is 95.0 Å². The van der Waals surface area contributed by atoms with Gasteiger partial charge in [-0.15, -0.1) is 0 Å². The molecule has 21 nitrogen and oxygen atoms in total. The minimum Gasteiger partial charge on any atom is -0.508 e. The zero-order chi connectivity index (χ0) is 41.6. The van der Waals surface area contributed by atoms with Gasteiger partial charge in [-0.05, 0) is 53.3 Å². The molecular weight excluding hydrogens is 850 g/mol. The zero-order valence-electron chi connectivity index (χ0n) is 29.8. The van der Waals surface area contributed by atoms with Crippen LogP contribution in [0.3, 0.4) is 0 Å². The predicted molar refractivity (Wildman–Crippen MR) is 199 cm³/mol. The Morgan fingerprint density at radius 3 is 2.39 bits per heavy atom. The number of nitrogens with one attached hydrogen (secondary N) is 1. The summed E-state index contributed by atoms with van der Waals surface area (Å²) in [6.45, 7) is -6.50. The summed E-state index contributed by atoms with van der Waals surface area (Å²) >= 11 is 0.561. The van der Waals surface area contributed by atoms with Crippen LogP contribution in [0.5, 0.6) is 11.5 Å². The number of H-pyrrole nitrogens is 1. The summed E-state index contributed by atoms with van der Waals surface area (Å²) < 4.78 is 102. The predicted octanol–water partition coefficient (Wildman–Crippen LogP) is 3.31. The summed E-state index contributed by atoms with van der Waals surface area (Å²) in [5.41, 5.74) is 4.85. The SMILES string of the molecule is Nc1ncnc2c1ncn2[C@@H]1O[C@@H]2COP(=O)(O)O[C@@H]3[C@H](F)C(CO[P@@](=O)(SCc4ccc(OC(=O)c5ccc(O)cc5)cc4)O[C@H]2[C@H]1F)O[C@H]3n1ccc(=O)[nH]c1=O. The number of anilines is 1. The molecule has 3 saturated heterocycles. The Bertz CT molecular complexity index is 2590. The van der Waals surface area contributed by atoms with Crippen molar-refractivity contribution in [2.24, 2.45) is 0 Å². The number of fused-ring (bicyclic) bond motifs is 4. The molecule has 6 heterocycles. The average molecular weight is 882 g/mol. The van der Waals surface area contributed by atoms with Gasteiger partial charge in [0, 0.05) is 18.0 Å². The van der Waals surface area contributed by atoms with Crippen LogP contribution in [0.1, 0.15) is 28.4 Å². The van der Waals surface area contributed by atoms with E-state index in [0.29, 0.717) is 21.5 Å². The summed E-state index contributed by atoms with van der Waals surface area (Å²) in [4.78, 5) is 61.8. The smallest absolute Gasteiger partial charge is 0.472 e. The van der Waals surface area contributed by atoms with E-state index in [0.717, 1.165) is 29.5 Å². The number of phenolic OH excluding ortho intramolecular Hbond substituents is 1. The van der Waals surface area contributed by atoms with Crippen LogP contribution < -0.4 is 21.7 Å². The molecule has 2 bridgehead atoms. The Hall–Kier alpha value is -4.87. The zero-order valence-corrected chi connectivity index (χ0v) is 32.4. The van der Waals surface area contributed by atoms with Crippen molar-refractivity contribution in [2.45, 2.75) is 55.0 Å². The van der Waals surface area contributed by atoms with E-state index in [4.69, 9.17) is 38.0 Å². The number of alkyl halides is 2. The normalized spacial score (nSPS) is 31.2. The molecular formula is C33H31F2N7O14P2S. The van der Waals surface area contributed by atoms with Gasteiger partial charge < -0.3 is 29.9 Å². The van der Waals surface area contributed by atoms with Crippen LogP contribution in [0.2, 0.25) is 0 Å². The van der Waals surface area contributed by atoms with Gasteiger partial charge in [0.25, 0.3) is 5.56 Å². The summed E-state index contributed by atoms with van der Waals surface area (Å²) in [5, 5.41) is 9.49. The van der Waals surface area contributed by atoms with Gasteiger partial charge in [-0.1, -0.05) is 12.1 Å². The molecule has 3 fully saturated rings. The third-order valence-corrected chi connectivity index (χ3v) is 13.9. The quantitative estimate of drug-likeness (QED) is 0.104. The monoisotopic (exact) mass is 881 g/mol. The first-order valence-electron chi connectivity index (χ1n) is 17.3. The molecule has 5 N–H and O–H groups in total. The Labute approximate surface area is 333 Å². The third kappa shape index (κ3) is 8.59. The number of benzene rings is 2. The molecule has 5 aromatic rings. The van der Waals surface area contributed by atoms with E-state index in [2.05, 4.69) is 15.0 Å². The van der Waals surface area contributed by atoms with Gasteiger partial charge in [-0.2, -0.15) is 0 Å². The van der Waals surface area contributed by atoms with Crippen LogP contribution in [-0.2, 0) is 42.5 Å². The number of imidazole rings is 1. The number of aromatic amines is 1. The van der Waals surface area contributed by atoms with Crippen LogP contribution in [0, 0.1) is 0 Å². The molecule has 59 heavy (non-hydrogen) atoms. The molecule has 0 amide bonds. The molecule has 8 rings (SSSR count). The Kier molecular flexibility index (Phi) is 11.3. The van der Waals surface area contributed by atoms with Crippen molar-refractivity contribution in [3.8, 4) is 11.5 Å². The number of carbonyl (C=O) groups excluding carboxylic acids is 1. The number of nitrogen functional groups attached to an aromatic ring is 1. The number of phosphoric ester groups is 1. The van der Waals surface area contributed by atoms with Crippen molar-refractivity contribution in [3.63, 3.8) is 0 Å². The van der Waals surface area contributed by atoms with Crippen LogP contribution in [0.15, 0.2) is 83.0 Å². The number of esters is 1. The minimum atomic E-state index is -5.31. The van der Waals surface area contributed by atoms with Gasteiger partial charge in [0.2, 0.25) is 0 Å². The molecule has 3 aliphatic rings. The highest BCUT2D eigenvalue weighted by molar-refractivity contribution is 8.54. The Morgan fingerprint density at radius 2 is 1.64 bits per heavy atom. The number of hydrogen-bond donors (Lipinski definition) is 4. The lowest BCUT2D eigenvalue weighted by molar-refractivity contribution is -0.0652. The van der Waals surface area contributed by atoms with E-state index in [1.165, 1.54) is 48.5 Å².